The van der Waals surface area contributed by atoms with Gasteiger partial charge in [-0.3, -0.25) is 5.10 Å². The van der Waals surface area contributed by atoms with E-state index in [-0.39, 0.29) is 0 Å². The predicted octanol–water partition coefficient (Wildman–Crippen LogP) is 1.44. The normalized spacial score (nSPS) is 37.0. The van der Waals surface area contributed by atoms with E-state index in [4.69, 9.17) is 0 Å². The standard InChI is InChI=1S/C11H17N3/c1-2-9-4-11(3-1,8-12-5-9)10-6-13-14-7-10/h6-7,9,12H,1-5,8H2,(H,13,14). The third-order valence-electron chi connectivity index (χ3n) is 3.95. The van der Waals surface area contributed by atoms with E-state index >= 15 is 0 Å². The molecule has 2 unspecified atom stereocenters. The van der Waals surface area contributed by atoms with E-state index in [1.54, 1.807) is 0 Å². The Morgan fingerprint density at radius 2 is 2.50 bits per heavy atom. The molecule has 3 nitrogen and oxygen atoms in total. The molecule has 3 rings (SSSR count). The number of piperidine rings is 1. The number of aromatic amines is 1. The Morgan fingerprint density at radius 3 is 3.36 bits per heavy atom. The molecule has 2 fully saturated rings. The van der Waals surface area contributed by atoms with Crippen molar-refractivity contribution in [2.24, 2.45) is 5.92 Å². The highest BCUT2D eigenvalue weighted by Gasteiger charge is 2.40. The molecule has 14 heavy (non-hydrogen) atoms. The van der Waals surface area contributed by atoms with Gasteiger partial charge in [-0.1, -0.05) is 6.42 Å². The van der Waals surface area contributed by atoms with Crippen molar-refractivity contribution < 1.29 is 0 Å². The van der Waals surface area contributed by atoms with Crippen molar-refractivity contribution in [3.8, 4) is 0 Å². The maximum absolute atomic E-state index is 4.09. The van der Waals surface area contributed by atoms with Crippen LogP contribution in [0.2, 0.25) is 0 Å². The van der Waals surface area contributed by atoms with E-state index in [0.717, 1.165) is 12.5 Å². The first-order valence-electron chi connectivity index (χ1n) is 5.59. The van der Waals surface area contributed by atoms with Crippen molar-refractivity contribution in [3.05, 3.63) is 18.0 Å². The maximum Gasteiger partial charge on any atom is 0.0525 e. The molecule has 1 aliphatic carbocycles. The third kappa shape index (κ3) is 1.19. The Kier molecular flexibility index (Phi) is 1.87. The summed E-state index contributed by atoms with van der Waals surface area (Å²) in [6.45, 7) is 2.36. The molecular formula is C11H17N3. The van der Waals surface area contributed by atoms with Crippen LogP contribution in [0.3, 0.4) is 0 Å². The lowest BCUT2D eigenvalue weighted by molar-refractivity contribution is 0.167. The van der Waals surface area contributed by atoms with Gasteiger partial charge in [0.2, 0.25) is 0 Å². The Balaban J connectivity index is 1.93. The largest absolute Gasteiger partial charge is 0.316 e. The van der Waals surface area contributed by atoms with Crippen LogP contribution >= 0.6 is 0 Å². The highest BCUT2D eigenvalue weighted by Crippen LogP contribution is 2.43. The number of nitrogens with one attached hydrogen (secondary N) is 2. The monoisotopic (exact) mass is 191 g/mol. The summed E-state index contributed by atoms with van der Waals surface area (Å²) in [7, 11) is 0. The number of hydrogen-bond donors (Lipinski definition) is 2. The molecule has 2 heterocycles. The molecular weight excluding hydrogens is 174 g/mol. The Bertz CT molecular complexity index is 294. The lowest BCUT2D eigenvalue weighted by Gasteiger charge is -2.45. The summed E-state index contributed by atoms with van der Waals surface area (Å²) in [5.74, 6) is 0.896. The van der Waals surface area contributed by atoms with Crippen molar-refractivity contribution in [2.45, 2.75) is 31.1 Å². The summed E-state index contributed by atoms with van der Waals surface area (Å²) >= 11 is 0. The van der Waals surface area contributed by atoms with Gasteiger partial charge in [0.05, 0.1) is 6.20 Å². The Labute approximate surface area is 84.3 Å². The number of fused-ring (bicyclic) bond motifs is 2. The second-order valence-electron chi connectivity index (χ2n) is 4.86. The lowest BCUT2D eigenvalue weighted by atomic mass is 9.64. The van der Waals surface area contributed by atoms with E-state index in [9.17, 15) is 0 Å². The van der Waals surface area contributed by atoms with Crippen molar-refractivity contribution in [3.63, 3.8) is 0 Å². The van der Waals surface area contributed by atoms with Crippen LogP contribution in [0.5, 0.6) is 0 Å². The second-order valence-corrected chi connectivity index (χ2v) is 4.86. The van der Waals surface area contributed by atoms with Gasteiger partial charge in [-0.05, 0) is 37.3 Å². The molecule has 1 saturated carbocycles. The third-order valence-corrected chi connectivity index (χ3v) is 3.95. The lowest BCUT2D eigenvalue weighted by Crippen LogP contribution is -2.49. The molecule has 2 N–H and O–H groups in total. The van der Waals surface area contributed by atoms with Crippen LogP contribution in [0.1, 0.15) is 31.2 Å². The highest BCUT2D eigenvalue weighted by molar-refractivity contribution is 5.22. The molecule has 2 atom stereocenters. The summed E-state index contributed by atoms with van der Waals surface area (Å²) in [6.07, 6.45) is 9.57. The zero-order valence-corrected chi connectivity index (χ0v) is 8.42. The Morgan fingerprint density at radius 1 is 1.50 bits per heavy atom. The first kappa shape index (κ1) is 8.48. The van der Waals surface area contributed by atoms with Crippen molar-refractivity contribution >= 4 is 0 Å². The fourth-order valence-electron chi connectivity index (χ4n) is 3.24. The molecule has 0 radical (unpaired) electrons. The first-order chi connectivity index (χ1) is 6.89. The van der Waals surface area contributed by atoms with E-state index in [2.05, 4.69) is 21.7 Å². The second kappa shape index (κ2) is 3.09. The van der Waals surface area contributed by atoms with Crippen LogP contribution in [-0.2, 0) is 5.41 Å². The maximum atomic E-state index is 4.09. The van der Waals surface area contributed by atoms with E-state index in [1.807, 2.05) is 6.20 Å². The molecule has 2 aliphatic rings. The summed E-state index contributed by atoms with van der Waals surface area (Å²) in [5, 5.41) is 10.6. The van der Waals surface area contributed by atoms with Gasteiger partial charge in [0.25, 0.3) is 0 Å². The van der Waals surface area contributed by atoms with Crippen molar-refractivity contribution in [2.75, 3.05) is 13.1 Å². The minimum atomic E-state index is 0.397. The predicted molar refractivity (Wildman–Crippen MR) is 55.1 cm³/mol. The SMILES string of the molecule is c1n[nH]cc1C12CCCC(CNC1)C2. The topological polar surface area (TPSA) is 40.7 Å². The molecule has 3 heteroatoms. The molecule has 76 valence electrons. The van der Waals surface area contributed by atoms with Gasteiger partial charge in [-0.2, -0.15) is 5.10 Å². The van der Waals surface area contributed by atoms with Gasteiger partial charge in [0, 0.05) is 18.2 Å². The van der Waals surface area contributed by atoms with Crippen LogP contribution in [0.4, 0.5) is 0 Å². The number of aromatic nitrogens is 2. The highest BCUT2D eigenvalue weighted by atomic mass is 15.1. The van der Waals surface area contributed by atoms with Gasteiger partial charge in [0.15, 0.2) is 0 Å². The van der Waals surface area contributed by atoms with Crippen molar-refractivity contribution in [1.29, 1.82) is 0 Å². The number of nitrogens with zero attached hydrogens (tertiary/aromatic N) is 1. The summed E-state index contributed by atoms with van der Waals surface area (Å²) < 4.78 is 0. The zero-order chi connectivity index (χ0) is 9.43. The van der Waals surface area contributed by atoms with Crippen LogP contribution in [0, 0.1) is 5.92 Å². The molecule has 1 saturated heterocycles. The van der Waals surface area contributed by atoms with Crippen LogP contribution in [-0.4, -0.2) is 23.3 Å². The molecule has 1 aromatic rings. The molecule has 0 amide bonds. The average molecular weight is 191 g/mol. The quantitative estimate of drug-likeness (QED) is 0.705. The van der Waals surface area contributed by atoms with E-state index in [0.29, 0.717) is 5.41 Å². The van der Waals surface area contributed by atoms with E-state index < -0.39 is 0 Å². The Hall–Kier alpha value is -0.830. The van der Waals surface area contributed by atoms with Gasteiger partial charge in [-0.25, -0.2) is 0 Å². The molecule has 1 aromatic heterocycles. The average Bonchev–Trinajstić information content (AvgIpc) is 2.71. The minimum Gasteiger partial charge on any atom is -0.316 e. The van der Waals surface area contributed by atoms with Gasteiger partial charge in [-0.15, -0.1) is 0 Å². The van der Waals surface area contributed by atoms with E-state index in [1.165, 1.54) is 37.8 Å². The van der Waals surface area contributed by atoms with Crippen LogP contribution < -0.4 is 5.32 Å². The summed E-state index contributed by atoms with van der Waals surface area (Å²) in [5.41, 5.74) is 1.81. The first-order valence-corrected chi connectivity index (χ1v) is 5.59. The molecule has 0 spiro atoms. The summed E-state index contributed by atoms with van der Waals surface area (Å²) in [4.78, 5) is 0. The van der Waals surface area contributed by atoms with Gasteiger partial charge < -0.3 is 5.32 Å². The minimum absolute atomic E-state index is 0.397. The number of hydrogen-bond acceptors (Lipinski definition) is 2. The molecule has 2 bridgehead atoms. The van der Waals surface area contributed by atoms with Gasteiger partial charge >= 0.3 is 0 Å². The molecule has 0 aromatic carbocycles. The van der Waals surface area contributed by atoms with Crippen LogP contribution in [0.25, 0.3) is 0 Å². The zero-order valence-electron chi connectivity index (χ0n) is 8.42. The number of H-pyrrole nitrogens is 1. The fourth-order valence-corrected chi connectivity index (χ4v) is 3.24. The fraction of sp³-hybridized carbons (Fsp3) is 0.727. The smallest absolute Gasteiger partial charge is 0.0525 e. The molecule has 1 aliphatic heterocycles. The summed E-state index contributed by atoms with van der Waals surface area (Å²) in [6, 6.07) is 0. The van der Waals surface area contributed by atoms with Gasteiger partial charge in [0.1, 0.15) is 0 Å². The van der Waals surface area contributed by atoms with Crippen molar-refractivity contribution in [1.82, 2.24) is 15.5 Å². The number of rotatable bonds is 1. The van der Waals surface area contributed by atoms with Crippen LogP contribution in [0.15, 0.2) is 12.4 Å².